The molecule has 1 aliphatic heterocycles. The van der Waals surface area contributed by atoms with Gasteiger partial charge in [0.25, 0.3) is 0 Å². The van der Waals surface area contributed by atoms with Gasteiger partial charge in [0.1, 0.15) is 0 Å². The maximum absolute atomic E-state index is 5.74. The smallest absolute Gasteiger partial charge is 0.161 e. The number of likely N-dealkylation sites (N-methyl/N-ethyl adjacent to an activating group) is 1. The molecule has 1 atom stereocenters. The zero-order valence-corrected chi connectivity index (χ0v) is 12.6. The first-order chi connectivity index (χ1) is 9.70. The van der Waals surface area contributed by atoms with E-state index in [0.717, 1.165) is 31.1 Å². The van der Waals surface area contributed by atoms with E-state index in [2.05, 4.69) is 31.3 Å². The van der Waals surface area contributed by atoms with Crippen molar-refractivity contribution < 1.29 is 14.2 Å². The van der Waals surface area contributed by atoms with Crippen LogP contribution in [0.2, 0.25) is 0 Å². The van der Waals surface area contributed by atoms with E-state index >= 15 is 0 Å². The normalized spacial score (nSPS) is 16.0. The number of nitrogens with one attached hydrogen (secondary N) is 1. The molecule has 1 unspecified atom stereocenters. The number of benzene rings is 1. The van der Waals surface area contributed by atoms with Crippen molar-refractivity contribution >= 4 is 0 Å². The Bertz CT molecular complexity index is 420. The average Bonchev–Trinajstić information content (AvgIpc) is 2.67. The first kappa shape index (κ1) is 15.1. The summed E-state index contributed by atoms with van der Waals surface area (Å²) in [7, 11) is 1.95. The molecule has 112 valence electrons. The fraction of sp³-hybridized carbons (Fsp3) is 0.625. The van der Waals surface area contributed by atoms with Crippen LogP contribution in [0.3, 0.4) is 0 Å². The van der Waals surface area contributed by atoms with Gasteiger partial charge in [-0.25, -0.2) is 0 Å². The van der Waals surface area contributed by atoms with Crippen molar-refractivity contribution in [2.24, 2.45) is 5.92 Å². The maximum atomic E-state index is 5.74. The van der Waals surface area contributed by atoms with Crippen LogP contribution >= 0.6 is 0 Å². The number of fused-ring (bicyclic) bond motifs is 1. The molecule has 0 saturated heterocycles. The molecule has 0 aromatic heterocycles. The van der Waals surface area contributed by atoms with Gasteiger partial charge in [0.2, 0.25) is 0 Å². The summed E-state index contributed by atoms with van der Waals surface area (Å²) in [6.07, 6.45) is 0.928. The van der Waals surface area contributed by atoms with Gasteiger partial charge in [0.15, 0.2) is 11.5 Å². The van der Waals surface area contributed by atoms with Crippen molar-refractivity contribution in [1.29, 1.82) is 0 Å². The lowest BCUT2D eigenvalue weighted by Gasteiger charge is -2.19. The fourth-order valence-corrected chi connectivity index (χ4v) is 2.16. The third-order valence-corrected chi connectivity index (χ3v) is 3.26. The van der Waals surface area contributed by atoms with Gasteiger partial charge < -0.3 is 19.5 Å². The summed E-state index contributed by atoms with van der Waals surface area (Å²) in [6.45, 7) is 7.19. The molecule has 0 fully saturated rings. The summed E-state index contributed by atoms with van der Waals surface area (Å²) >= 11 is 0. The molecule has 0 saturated carbocycles. The summed E-state index contributed by atoms with van der Waals surface area (Å²) in [6, 6.07) is 6.29. The minimum Gasteiger partial charge on any atom is -0.490 e. The van der Waals surface area contributed by atoms with Crippen LogP contribution in [0.1, 0.15) is 31.9 Å². The van der Waals surface area contributed by atoms with Gasteiger partial charge in [-0.2, -0.15) is 0 Å². The topological polar surface area (TPSA) is 39.7 Å². The van der Waals surface area contributed by atoms with E-state index < -0.39 is 0 Å². The summed E-state index contributed by atoms with van der Waals surface area (Å²) in [5.74, 6) is 2.23. The Morgan fingerprint density at radius 2 is 1.90 bits per heavy atom. The van der Waals surface area contributed by atoms with E-state index in [1.54, 1.807) is 0 Å². The Balaban J connectivity index is 2.04. The fourth-order valence-electron chi connectivity index (χ4n) is 2.16. The van der Waals surface area contributed by atoms with Gasteiger partial charge >= 0.3 is 0 Å². The minimum absolute atomic E-state index is 0.172. The zero-order chi connectivity index (χ0) is 14.4. The Labute approximate surface area is 121 Å². The van der Waals surface area contributed by atoms with Crippen molar-refractivity contribution in [2.75, 3.05) is 33.5 Å². The van der Waals surface area contributed by atoms with Crippen LogP contribution in [-0.4, -0.2) is 33.5 Å². The van der Waals surface area contributed by atoms with Gasteiger partial charge in [0.05, 0.1) is 25.9 Å². The van der Waals surface area contributed by atoms with Crippen molar-refractivity contribution in [3.8, 4) is 11.5 Å². The second kappa shape index (κ2) is 7.50. The predicted molar refractivity (Wildman–Crippen MR) is 79.5 cm³/mol. The molecule has 4 heteroatoms. The molecule has 0 amide bonds. The molecule has 0 spiro atoms. The third-order valence-electron chi connectivity index (χ3n) is 3.26. The first-order valence-electron chi connectivity index (χ1n) is 7.35. The number of rotatable bonds is 6. The molecule has 0 aliphatic carbocycles. The Kier molecular flexibility index (Phi) is 5.68. The maximum Gasteiger partial charge on any atom is 0.161 e. The highest BCUT2D eigenvalue weighted by Crippen LogP contribution is 2.32. The molecule has 1 aromatic rings. The second-order valence-corrected chi connectivity index (χ2v) is 5.53. The Morgan fingerprint density at radius 3 is 2.60 bits per heavy atom. The molecule has 20 heavy (non-hydrogen) atoms. The van der Waals surface area contributed by atoms with Gasteiger partial charge in [-0.1, -0.05) is 19.9 Å². The minimum atomic E-state index is 0.172. The summed E-state index contributed by atoms with van der Waals surface area (Å²) < 4.78 is 17.1. The number of ether oxygens (including phenoxy) is 3. The number of hydrogen-bond acceptors (Lipinski definition) is 4. The molecule has 4 nitrogen and oxygen atoms in total. The van der Waals surface area contributed by atoms with Gasteiger partial charge in [-0.05, 0) is 30.7 Å². The van der Waals surface area contributed by atoms with Crippen molar-refractivity contribution in [2.45, 2.75) is 26.3 Å². The molecular weight excluding hydrogens is 254 g/mol. The van der Waals surface area contributed by atoms with Crippen LogP contribution in [0, 0.1) is 5.92 Å². The van der Waals surface area contributed by atoms with Gasteiger partial charge in [-0.3, -0.25) is 0 Å². The van der Waals surface area contributed by atoms with E-state index in [-0.39, 0.29) is 6.04 Å². The summed E-state index contributed by atoms with van der Waals surface area (Å²) in [5, 5.41) is 3.29. The lowest BCUT2D eigenvalue weighted by Crippen LogP contribution is -2.22. The highest BCUT2D eigenvalue weighted by molar-refractivity contribution is 5.44. The van der Waals surface area contributed by atoms with Gasteiger partial charge in [0, 0.05) is 13.0 Å². The Morgan fingerprint density at radius 1 is 1.15 bits per heavy atom. The summed E-state index contributed by atoms with van der Waals surface area (Å²) in [5.41, 5.74) is 1.17. The van der Waals surface area contributed by atoms with E-state index in [9.17, 15) is 0 Å². The van der Waals surface area contributed by atoms with Gasteiger partial charge in [-0.15, -0.1) is 0 Å². The summed E-state index contributed by atoms with van der Waals surface area (Å²) in [4.78, 5) is 0. The van der Waals surface area contributed by atoms with Crippen molar-refractivity contribution in [1.82, 2.24) is 5.32 Å². The lowest BCUT2D eigenvalue weighted by molar-refractivity contribution is 0.0918. The molecule has 0 radical (unpaired) electrons. The largest absolute Gasteiger partial charge is 0.490 e. The van der Waals surface area contributed by atoms with E-state index in [0.29, 0.717) is 19.1 Å². The van der Waals surface area contributed by atoms with Crippen molar-refractivity contribution in [3.63, 3.8) is 0 Å². The van der Waals surface area contributed by atoms with E-state index in [4.69, 9.17) is 14.2 Å². The molecular formula is C16H25NO3. The standard InChI is InChI=1S/C16H25NO3/c1-12(2)10-18-11-14(17-3)13-5-6-15-16(9-13)20-8-4-7-19-15/h5-6,9,12,14,17H,4,7-8,10-11H2,1-3H3. The van der Waals surface area contributed by atoms with E-state index in [1.807, 2.05) is 13.1 Å². The monoisotopic (exact) mass is 279 g/mol. The van der Waals surface area contributed by atoms with Crippen LogP contribution in [0.4, 0.5) is 0 Å². The molecule has 0 bridgehead atoms. The molecule has 1 aliphatic rings. The third kappa shape index (κ3) is 4.12. The van der Waals surface area contributed by atoms with Crippen LogP contribution in [0.25, 0.3) is 0 Å². The zero-order valence-electron chi connectivity index (χ0n) is 12.6. The quantitative estimate of drug-likeness (QED) is 0.869. The predicted octanol–water partition coefficient (Wildman–Crippen LogP) is 2.78. The van der Waals surface area contributed by atoms with Crippen LogP contribution in [0.5, 0.6) is 11.5 Å². The van der Waals surface area contributed by atoms with Crippen LogP contribution < -0.4 is 14.8 Å². The second-order valence-electron chi connectivity index (χ2n) is 5.53. The average molecular weight is 279 g/mol. The lowest BCUT2D eigenvalue weighted by atomic mass is 10.1. The SMILES string of the molecule is CNC(COCC(C)C)c1ccc2c(c1)OCCCO2. The molecule has 2 rings (SSSR count). The molecule has 1 aromatic carbocycles. The van der Waals surface area contributed by atoms with E-state index in [1.165, 1.54) is 5.56 Å². The highest BCUT2D eigenvalue weighted by Gasteiger charge is 2.15. The number of hydrogen-bond donors (Lipinski definition) is 1. The van der Waals surface area contributed by atoms with Crippen LogP contribution in [-0.2, 0) is 4.74 Å². The molecule has 1 N–H and O–H groups in total. The Hall–Kier alpha value is -1.26. The van der Waals surface area contributed by atoms with Crippen molar-refractivity contribution in [3.05, 3.63) is 23.8 Å². The van der Waals surface area contributed by atoms with Crippen LogP contribution in [0.15, 0.2) is 18.2 Å². The first-order valence-corrected chi connectivity index (χ1v) is 7.35. The molecule has 1 heterocycles. The highest BCUT2D eigenvalue weighted by atomic mass is 16.5.